The van der Waals surface area contributed by atoms with E-state index in [9.17, 15) is 9.59 Å². The van der Waals surface area contributed by atoms with Crippen LogP contribution < -0.4 is 10.2 Å². The fraction of sp³-hybridized carbons (Fsp3) is 0.417. The first-order valence-corrected chi connectivity index (χ1v) is 10.6. The van der Waals surface area contributed by atoms with E-state index in [0.29, 0.717) is 26.1 Å². The van der Waals surface area contributed by atoms with Crippen LogP contribution in [0.2, 0.25) is 0 Å². The van der Waals surface area contributed by atoms with E-state index in [4.69, 9.17) is 0 Å². The first kappa shape index (κ1) is 19.5. The fourth-order valence-electron chi connectivity index (χ4n) is 4.61. The van der Waals surface area contributed by atoms with Gasteiger partial charge in [-0.1, -0.05) is 48.5 Å². The molecule has 1 N–H and O–H groups in total. The van der Waals surface area contributed by atoms with Crippen molar-refractivity contribution in [3.63, 3.8) is 0 Å². The molecule has 0 unspecified atom stereocenters. The molecule has 0 aromatic heterocycles. The predicted octanol–water partition coefficient (Wildman–Crippen LogP) is 2.86. The van der Waals surface area contributed by atoms with Gasteiger partial charge in [-0.2, -0.15) is 0 Å². The van der Waals surface area contributed by atoms with E-state index < -0.39 is 0 Å². The third-order valence-electron chi connectivity index (χ3n) is 6.17. The number of anilines is 1. The number of aryl methyl sites for hydroxylation is 1. The lowest BCUT2D eigenvalue weighted by molar-refractivity contribution is -0.131. The van der Waals surface area contributed by atoms with E-state index in [1.54, 1.807) is 0 Å². The lowest BCUT2D eigenvalue weighted by Crippen LogP contribution is -2.43. The van der Waals surface area contributed by atoms with Gasteiger partial charge in [0.25, 0.3) is 0 Å². The van der Waals surface area contributed by atoms with Crippen LogP contribution in [-0.2, 0) is 16.0 Å². The Morgan fingerprint density at radius 1 is 0.931 bits per heavy atom. The maximum Gasteiger partial charge on any atom is 0.225 e. The van der Waals surface area contributed by atoms with Crippen LogP contribution in [0.5, 0.6) is 0 Å². The Balaban J connectivity index is 1.45. The van der Waals surface area contributed by atoms with Gasteiger partial charge < -0.3 is 15.1 Å². The summed E-state index contributed by atoms with van der Waals surface area (Å²) in [4.78, 5) is 29.9. The Bertz CT molecular complexity index is 825. The second kappa shape index (κ2) is 9.12. The Morgan fingerprint density at radius 3 is 2.38 bits per heavy atom. The van der Waals surface area contributed by atoms with Gasteiger partial charge in [-0.05, 0) is 37.0 Å². The maximum absolute atomic E-state index is 12.8. The smallest absolute Gasteiger partial charge is 0.225 e. The number of carbonyl (C=O) groups excluding carboxylic acids is 2. The van der Waals surface area contributed by atoms with Gasteiger partial charge in [0, 0.05) is 44.3 Å². The van der Waals surface area contributed by atoms with Gasteiger partial charge in [0.05, 0.1) is 5.92 Å². The third-order valence-corrected chi connectivity index (χ3v) is 6.17. The molecular weight excluding hydrogens is 362 g/mol. The summed E-state index contributed by atoms with van der Waals surface area (Å²) in [5, 5.41) is 3.08. The molecule has 4 rings (SSSR count). The van der Waals surface area contributed by atoms with Crippen LogP contribution in [0.15, 0.2) is 60.7 Å². The standard InChI is InChI=1S/C24H29N3O2/c28-23(12-11-19-7-3-1-4-8-19)26-16-13-21-22(14-17-26)27(18-15-25-24(21)29)20-9-5-2-6-10-20/h1-10,21-22H,11-18H2,(H,25,29)/t21-,22+/m1/s1. The van der Waals surface area contributed by atoms with Crippen molar-refractivity contribution in [2.75, 3.05) is 31.1 Å². The van der Waals surface area contributed by atoms with E-state index in [-0.39, 0.29) is 23.8 Å². The molecule has 2 heterocycles. The van der Waals surface area contributed by atoms with Gasteiger partial charge in [0.15, 0.2) is 0 Å². The lowest BCUT2D eigenvalue weighted by atomic mass is 9.92. The van der Waals surface area contributed by atoms with E-state index >= 15 is 0 Å². The molecule has 2 aromatic rings. The van der Waals surface area contributed by atoms with Crippen LogP contribution in [0.1, 0.15) is 24.8 Å². The number of hydrogen-bond acceptors (Lipinski definition) is 3. The number of para-hydroxylation sites is 1. The zero-order chi connectivity index (χ0) is 20.1. The van der Waals surface area contributed by atoms with Gasteiger partial charge in [-0.15, -0.1) is 0 Å². The van der Waals surface area contributed by atoms with E-state index in [0.717, 1.165) is 31.5 Å². The highest BCUT2D eigenvalue weighted by molar-refractivity contribution is 5.81. The van der Waals surface area contributed by atoms with Crippen LogP contribution in [0.25, 0.3) is 0 Å². The zero-order valence-electron chi connectivity index (χ0n) is 16.8. The number of nitrogens with zero attached hydrogens (tertiary/aromatic N) is 2. The molecule has 0 radical (unpaired) electrons. The van der Waals surface area contributed by atoms with Crippen molar-refractivity contribution in [1.82, 2.24) is 10.2 Å². The molecule has 2 fully saturated rings. The quantitative estimate of drug-likeness (QED) is 0.872. The summed E-state index contributed by atoms with van der Waals surface area (Å²) in [6.07, 6.45) is 2.83. The normalized spacial score (nSPS) is 22.3. The molecule has 29 heavy (non-hydrogen) atoms. The van der Waals surface area contributed by atoms with Crippen molar-refractivity contribution in [2.24, 2.45) is 5.92 Å². The van der Waals surface area contributed by atoms with Crippen molar-refractivity contribution in [3.8, 4) is 0 Å². The molecule has 2 aromatic carbocycles. The molecule has 5 heteroatoms. The Morgan fingerprint density at radius 2 is 1.62 bits per heavy atom. The van der Waals surface area contributed by atoms with Crippen LogP contribution in [0, 0.1) is 5.92 Å². The number of benzene rings is 2. The highest BCUT2D eigenvalue weighted by Gasteiger charge is 2.38. The molecule has 152 valence electrons. The molecular formula is C24H29N3O2. The molecule has 2 amide bonds. The second-order valence-electron chi connectivity index (χ2n) is 7.94. The van der Waals surface area contributed by atoms with Gasteiger partial charge in [0.1, 0.15) is 0 Å². The molecule has 0 saturated carbocycles. The summed E-state index contributed by atoms with van der Waals surface area (Å²) >= 11 is 0. The number of rotatable bonds is 4. The highest BCUT2D eigenvalue weighted by Crippen LogP contribution is 2.29. The SMILES string of the molecule is O=C1NCCN(c2ccccc2)[C@H]2CCN(C(=O)CCc3ccccc3)CC[C@@H]12. The minimum Gasteiger partial charge on any atom is -0.366 e. The molecule has 2 atom stereocenters. The number of fused-ring (bicyclic) bond motifs is 1. The number of likely N-dealkylation sites (tertiary alicyclic amines) is 1. The Kier molecular flexibility index (Phi) is 6.13. The first-order valence-electron chi connectivity index (χ1n) is 10.6. The van der Waals surface area contributed by atoms with Crippen molar-refractivity contribution in [3.05, 3.63) is 66.2 Å². The predicted molar refractivity (Wildman–Crippen MR) is 115 cm³/mol. The average Bonchev–Trinajstić information content (AvgIpc) is 3.07. The van der Waals surface area contributed by atoms with Gasteiger partial charge in [-0.3, -0.25) is 9.59 Å². The summed E-state index contributed by atoms with van der Waals surface area (Å²) in [5.41, 5.74) is 2.35. The molecule has 0 aliphatic carbocycles. The minimum absolute atomic E-state index is 0.0790. The minimum atomic E-state index is -0.0790. The van der Waals surface area contributed by atoms with E-state index in [1.165, 1.54) is 5.56 Å². The topological polar surface area (TPSA) is 52.7 Å². The molecule has 2 aliphatic rings. The Labute approximate surface area is 172 Å². The third kappa shape index (κ3) is 4.61. The molecule has 2 saturated heterocycles. The van der Waals surface area contributed by atoms with E-state index in [2.05, 4.69) is 34.5 Å². The number of carbonyl (C=O) groups is 2. The van der Waals surface area contributed by atoms with Gasteiger partial charge >= 0.3 is 0 Å². The van der Waals surface area contributed by atoms with Crippen molar-refractivity contribution in [1.29, 1.82) is 0 Å². The molecule has 0 spiro atoms. The second-order valence-corrected chi connectivity index (χ2v) is 7.94. The summed E-state index contributed by atoms with van der Waals surface area (Å²) in [7, 11) is 0. The van der Waals surface area contributed by atoms with Gasteiger partial charge in [-0.25, -0.2) is 0 Å². The summed E-state index contributed by atoms with van der Waals surface area (Å²) in [5.74, 6) is 0.244. The Hall–Kier alpha value is -2.82. The molecule has 0 bridgehead atoms. The van der Waals surface area contributed by atoms with Crippen LogP contribution in [0.4, 0.5) is 5.69 Å². The largest absolute Gasteiger partial charge is 0.366 e. The fourth-order valence-corrected chi connectivity index (χ4v) is 4.61. The van der Waals surface area contributed by atoms with Crippen molar-refractivity contribution in [2.45, 2.75) is 31.7 Å². The summed E-state index contributed by atoms with van der Waals surface area (Å²) < 4.78 is 0. The van der Waals surface area contributed by atoms with Crippen LogP contribution >= 0.6 is 0 Å². The summed E-state index contributed by atoms with van der Waals surface area (Å²) in [6, 6.07) is 20.6. The van der Waals surface area contributed by atoms with E-state index in [1.807, 2.05) is 41.3 Å². The van der Waals surface area contributed by atoms with Crippen LogP contribution in [0.3, 0.4) is 0 Å². The summed E-state index contributed by atoms with van der Waals surface area (Å²) in [6.45, 7) is 2.84. The number of amides is 2. The maximum atomic E-state index is 12.8. The van der Waals surface area contributed by atoms with Crippen molar-refractivity contribution >= 4 is 17.5 Å². The number of hydrogen-bond donors (Lipinski definition) is 1. The monoisotopic (exact) mass is 391 g/mol. The van der Waals surface area contributed by atoms with Crippen molar-refractivity contribution < 1.29 is 9.59 Å². The molecule has 5 nitrogen and oxygen atoms in total. The zero-order valence-corrected chi connectivity index (χ0v) is 16.8. The van der Waals surface area contributed by atoms with Crippen LogP contribution in [-0.4, -0.2) is 48.9 Å². The molecule has 2 aliphatic heterocycles. The first-order chi connectivity index (χ1) is 14.2. The average molecular weight is 392 g/mol. The number of nitrogens with one attached hydrogen (secondary N) is 1. The lowest BCUT2D eigenvalue weighted by Gasteiger charge is -2.34. The van der Waals surface area contributed by atoms with Gasteiger partial charge in [0.2, 0.25) is 11.8 Å². The highest BCUT2D eigenvalue weighted by atomic mass is 16.2.